The van der Waals surface area contributed by atoms with Crippen molar-refractivity contribution < 1.29 is 9.53 Å². The molecule has 112 valence electrons. The summed E-state index contributed by atoms with van der Waals surface area (Å²) >= 11 is 11.9. The van der Waals surface area contributed by atoms with Crippen molar-refractivity contribution in [3.63, 3.8) is 0 Å². The molecule has 3 aromatic carbocycles. The molecule has 0 spiro atoms. The van der Waals surface area contributed by atoms with E-state index in [4.69, 9.17) is 23.2 Å². The second-order valence-corrected chi connectivity index (χ2v) is 6.13. The second-order valence-electron chi connectivity index (χ2n) is 5.32. The van der Waals surface area contributed by atoms with E-state index in [1.165, 1.54) is 6.07 Å². The SMILES string of the molecule is O=C1C(c2ccc(Cl)c(Cl)c2)=[N+]([O-])c2cc3ccccc3cc21. The van der Waals surface area contributed by atoms with Crippen LogP contribution in [0.15, 0.2) is 54.6 Å². The first kappa shape index (κ1) is 14.2. The quantitative estimate of drug-likeness (QED) is 0.463. The highest BCUT2D eigenvalue weighted by Crippen LogP contribution is 2.33. The highest BCUT2D eigenvalue weighted by molar-refractivity contribution is 6.53. The Kier molecular flexibility index (Phi) is 3.15. The molecule has 0 aromatic heterocycles. The summed E-state index contributed by atoms with van der Waals surface area (Å²) in [4.78, 5) is 12.7. The predicted octanol–water partition coefficient (Wildman–Crippen LogP) is 4.97. The third kappa shape index (κ3) is 2.12. The van der Waals surface area contributed by atoms with Gasteiger partial charge < -0.3 is 5.21 Å². The highest BCUT2D eigenvalue weighted by Gasteiger charge is 2.37. The van der Waals surface area contributed by atoms with Gasteiger partial charge in [0.15, 0.2) is 0 Å². The zero-order chi connectivity index (χ0) is 16.1. The van der Waals surface area contributed by atoms with Crippen LogP contribution in [0, 0.1) is 5.21 Å². The molecule has 4 rings (SSSR count). The van der Waals surface area contributed by atoms with Crippen LogP contribution in [0.3, 0.4) is 0 Å². The standard InChI is InChI=1S/C18H9Cl2NO2/c19-14-6-5-12(8-15(14)20)17-18(22)13-7-10-3-1-2-4-11(10)9-16(13)21(17)23/h1-9H. The lowest BCUT2D eigenvalue weighted by molar-refractivity contribution is -0.355. The van der Waals surface area contributed by atoms with E-state index >= 15 is 0 Å². The molecule has 3 nitrogen and oxygen atoms in total. The van der Waals surface area contributed by atoms with Crippen LogP contribution in [0.1, 0.15) is 15.9 Å². The van der Waals surface area contributed by atoms with Gasteiger partial charge in [-0.2, -0.15) is 4.74 Å². The van der Waals surface area contributed by atoms with Crippen LogP contribution in [-0.2, 0) is 0 Å². The first-order valence-corrected chi connectivity index (χ1v) is 7.69. The molecule has 0 saturated heterocycles. The van der Waals surface area contributed by atoms with E-state index in [0.717, 1.165) is 10.8 Å². The Morgan fingerprint density at radius 3 is 2.26 bits per heavy atom. The number of benzene rings is 3. The molecule has 0 radical (unpaired) electrons. The number of fused-ring (bicyclic) bond motifs is 2. The number of ketones is 1. The topological polar surface area (TPSA) is 43.1 Å². The number of carbonyl (C=O) groups is 1. The lowest BCUT2D eigenvalue weighted by atomic mass is 10.00. The average molecular weight is 342 g/mol. The van der Waals surface area contributed by atoms with E-state index in [1.807, 2.05) is 24.3 Å². The molecule has 1 heterocycles. The summed E-state index contributed by atoms with van der Waals surface area (Å²) in [5.74, 6) is -0.306. The lowest BCUT2D eigenvalue weighted by Gasteiger charge is -2.04. The van der Waals surface area contributed by atoms with Crippen LogP contribution in [0.25, 0.3) is 10.8 Å². The number of nitrogens with zero attached hydrogens (tertiary/aromatic N) is 1. The fourth-order valence-corrected chi connectivity index (χ4v) is 3.11. The molecule has 0 unspecified atom stereocenters. The van der Waals surface area contributed by atoms with Crippen LogP contribution in [-0.4, -0.2) is 16.2 Å². The number of halogens is 2. The van der Waals surface area contributed by atoms with Crippen LogP contribution < -0.4 is 0 Å². The number of hydrogen-bond acceptors (Lipinski definition) is 2. The minimum atomic E-state index is -0.306. The Morgan fingerprint density at radius 2 is 1.57 bits per heavy atom. The number of Topliss-reactive ketones (excluding diaryl/α,β-unsaturated/α-hetero) is 1. The molecular formula is C18H9Cl2NO2. The Morgan fingerprint density at radius 1 is 0.870 bits per heavy atom. The van der Waals surface area contributed by atoms with Crippen molar-refractivity contribution in [1.82, 2.24) is 0 Å². The van der Waals surface area contributed by atoms with E-state index in [0.29, 0.717) is 31.6 Å². The normalized spacial score (nSPS) is 13.7. The molecule has 0 saturated carbocycles. The fraction of sp³-hybridized carbons (Fsp3) is 0. The van der Waals surface area contributed by atoms with Crippen LogP contribution in [0.2, 0.25) is 10.0 Å². The van der Waals surface area contributed by atoms with Gasteiger partial charge in [-0.05, 0) is 35.0 Å². The second kappa shape index (κ2) is 5.08. The Labute approximate surface area is 142 Å². The molecule has 0 N–H and O–H groups in total. The van der Waals surface area contributed by atoms with Crippen molar-refractivity contribution in [3.8, 4) is 0 Å². The number of hydrogen-bond donors (Lipinski definition) is 0. The van der Waals surface area contributed by atoms with Crippen molar-refractivity contribution in [2.45, 2.75) is 0 Å². The molecule has 3 aromatic rings. The summed E-state index contributed by atoms with van der Waals surface area (Å²) < 4.78 is 0.670. The van der Waals surface area contributed by atoms with Crippen molar-refractivity contribution in [2.75, 3.05) is 0 Å². The van der Waals surface area contributed by atoms with E-state index in [2.05, 4.69) is 0 Å². The molecule has 23 heavy (non-hydrogen) atoms. The summed E-state index contributed by atoms with van der Waals surface area (Å²) in [6, 6.07) is 15.8. The molecule has 1 aliphatic heterocycles. The number of rotatable bonds is 1. The van der Waals surface area contributed by atoms with Crippen LogP contribution in [0.5, 0.6) is 0 Å². The van der Waals surface area contributed by atoms with Gasteiger partial charge in [-0.1, -0.05) is 47.5 Å². The monoisotopic (exact) mass is 341 g/mol. The zero-order valence-electron chi connectivity index (χ0n) is 11.7. The van der Waals surface area contributed by atoms with E-state index in [1.54, 1.807) is 24.3 Å². The van der Waals surface area contributed by atoms with Crippen LogP contribution >= 0.6 is 23.2 Å². The van der Waals surface area contributed by atoms with Gasteiger partial charge in [-0.15, -0.1) is 0 Å². The summed E-state index contributed by atoms with van der Waals surface area (Å²) in [6.07, 6.45) is 0. The highest BCUT2D eigenvalue weighted by atomic mass is 35.5. The van der Waals surface area contributed by atoms with Gasteiger partial charge in [-0.25, -0.2) is 0 Å². The molecular weight excluding hydrogens is 333 g/mol. The van der Waals surface area contributed by atoms with Gasteiger partial charge in [0.2, 0.25) is 5.69 Å². The predicted molar refractivity (Wildman–Crippen MR) is 92.1 cm³/mol. The van der Waals surface area contributed by atoms with E-state index in [-0.39, 0.29) is 11.5 Å². The largest absolute Gasteiger partial charge is 0.618 e. The van der Waals surface area contributed by atoms with Gasteiger partial charge in [0.05, 0.1) is 15.6 Å². The third-order valence-corrected chi connectivity index (χ3v) is 4.68. The molecule has 0 bridgehead atoms. The first-order valence-electron chi connectivity index (χ1n) is 6.93. The maximum absolute atomic E-state index is 12.7. The van der Waals surface area contributed by atoms with Gasteiger partial charge in [0.25, 0.3) is 11.5 Å². The van der Waals surface area contributed by atoms with Gasteiger partial charge in [0.1, 0.15) is 5.56 Å². The summed E-state index contributed by atoms with van der Waals surface area (Å²) in [5.41, 5.74) is 1.28. The summed E-state index contributed by atoms with van der Waals surface area (Å²) in [6.45, 7) is 0. The van der Waals surface area contributed by atoms with E-state index in [9.17, 15) is 10.0 Å². The third-order valence-electron chi connectivity index (χ3n) is 3.94. The van der Waals surface area contributed by atoms with Crippen molar-refractivity contribution in [2.24, 2.45) is 0 Å². The molecule has 0 aliphatic carbocycles. The van der Waals surface area contributed by atoms with E-state index < -0.39 is 0 Å². The maximum atomic E-state index is 12.7. The Balaban J connectivity index is 1.94. The zero-order valence-corrected chi connectivity index (χ0v) is 13.2. The first-order chi connectivity index (χ1) is 11.1. The van der Waals surface area contributed by atoms with Crippen LogP contribution in [0.4, 0.5) is 5.69 Å². The average Bonchev–Trinajstić information content (AvgIpc) is 2.79. The number of carbonyl (C=O) groups excluding carboxylic acids is 1. The summed E-state index contributed by atoms with van der Waals surface area (Å²) in [7, 11) is 0. The Hall–Kier alpha value is -2.36. The molecule has 0 amide bonds. The van der Waals surface area contributed by atoms with Crippen molar-refractivity contribution in [3.05, 3.63) is 81.0 Å². The van der Waals surface area contributed by atoms with Gasteiger partial charge in [0, 0.05) is 6.07 Å². The van der Waals surface area contributed by atoms with Gasteiger partial charge in [-0.3, -0.25) is 4.79 Å². The fourth-order valence-electron chi connectivity index (χ4n) is 2.81. The summed E-state index contributed by atoms with van der Waals surface area (Å²) in [5, 5.41) is 15.1. The van der Waals surface area contributed by atoms with Gasteiger partial charge >= 0.3 is 0 Å². The Bertz CT molecular complexity index is 1020. The molecule has 0 fully saturated rings. The molecule has 1 aliphatic rings. The minimum Gasteiger partial charge on any atom is -0.618 e. The molecule has 0 atom stereocenters. The van der Waals surface area contributed by atoms with Crippen molar-refractivity contribution in [1.29, 1.82) is 0 Å². The minimum absolute atomic E-state index is 0.0638. The molecule has 5 heteroatoms. The smallest absolute Gasteiger partial charge is 0.273 e. The van der Waals surface area contributed by atoms with Crippen molar-refractivity contribution >= 4 is 51.2 Å². The lowest BCUT2D eigenvalue weighted by Crippen LogP contribution is -2.16. The maximum Gasteiger partial charge on any atom is 0.273 e.